The molecule has 0 heterocycles. The monoisotopic (exact) mass is 436 g/mol. The molecule has 0 radical (unpaired) electrons. The number of nitrogens with zero attached hydrogens (tertiary/aromatic N) is 1. The van der Waals surface area contributed by atoms with Gasteiger partial charge in [-0.05, 0) is 29.7 Å². The minimum Gasteiger partial charge on any atom is -0.506 e. The van der Waals surface area contributed by atoms with Crippen LogP contribution in [0.1, 0.15) is 15.9 Å². The van der Waals surface area contributed by atoms with Crippen LogP contribution in [-0.2, 0) is 11.0 Å². The molecule has 0 aliphatic carbocycles. The number of fused-ring (bicyclic) bond motifs is 1. The maximum absolute atomic E-state index is 12.9. The molecule has 9 heteroatoms. The van der Waals surface area contributed by atoms with Gasteiger partial charge in [0.1, 0.15) is 5.75 Å². The van der Waals surface area contributed by atoms with E-state index in [9.17, 15) is 27.9 Å². The van der Waals surface area contributed by atoms with Gasteiger partial charge in [0.25, 0.3) is 5.91 Å². The first-order chi connectivity index (χ1) is 14.1. The van der Waals surface area contributed by atoms with Crippen LogP contribution in [0, 0.1) is 0 Å². The third-order valence-corrected chi connectivity index (χ3v) is 4.74. The van der Waals surface area contributed by atoms with E-state index in [0.29, 0.717) is 5.39 Å². The topological polar surface area (TPSA) is 69.6 Å². The Balaban J connectivity index is 1.73. The summed E-state index contributed by atoms with van der Waals surface area (Å²) in [5.74, 6) is -1.53. The zero-order valence-corrected chi connectivity index (χ0v) is 16.4. The van der Waals surface area contributed by atoms with Gasteiger partial charge in [-0.3, -0.25) is 9.59 Å². The van der Waals surface area contributed by atoms with Crippen molar-refractivity contribution in [2.75, 3.05) is 18.9 Å². The molecule has 2 N–H and O–H groups in total. The third-order valence-electron chi connectivity index (χ3n) is 4.41. The fraction of sp³-hybridized carbons (Fsp3) is 0.143. The number of halogens is 4. The number of carbonyl (C=O) groups excluding carboxylic acids is 2. The number of amides is 2. The molecule has 156 valence electrons. The molecule has 0 atom stereocenters. The van der Waals surface area contributed by atoms with Gasteiger partial charge < -0.3 is 15.3 Å². The van der Waals surface area contributed by atoms with Crippen LogP contribution in [0.15, 0.2) is 54.6 Å². The summed E-state index contributed by atoms with van der Waals surface area (Å²) >= 11 is 5.56. The summed E-state index contributed by atoms with van der Waals surface area (Å²) in [4.78, 5) is 25.9. The second-order valence-electron chi connectivity index (χ2n) is 6.58. The largest absolute Gasteiger partial charge is 0.506 e. The Hall–Kier alpha value is -3.26. The molecular formula is C21H16ClF3N2O3. The highest BCUT2D eigenvalue weighted by atomic mass is 35.5. The predicted octanol–water partition coefficient (Wildman–Crippen LogP) is 4.93. The average Bonchev–Trinajstić information content (AvgIpc) is 2.68. The van der Waals surface area contributed by atoms with E-state index in [1.54, 1.807) is 30.3 Å². The Morgan fingerprint density at radius 2 is 1.80 bits per heavy atom. The van der Waals surface area contributed by atoms with E-state index in [1.807, 2.05) is 0 Å². The van der Waals surface area contributed by atoms with Crippen molar-refractivity contribution in [2.45, 2.75) is 6.18 Å². The number of hydrogen-bond donors (Lipinski definition) is 2. The first-order valence-corrected chi connectivity index (χ1v) is 9.08. The van der Waals surface area contributed by atoms with Gasteiger partial charge in [0, 0.05) is 18.1 Å². The van der Waals surface area contributed by atoms with Gasteiger partial charge >= 0.3 is 6.18 Å². The lowest BCUT2D eigenvalue weighted by atomic mass is 10.0. The van der Waals surface area contributed by atoms with Crippen molar-refractivity contribution >= 4 is 39.9 Å². The number of nitrogens with one attached hydrogen (secondary N) is 1. The smallest absolute Gasteiger partial charge is 0.417 e. The fourth-order valence-corrected chi connectivity index (χ4v) is 3.17. The number of rotatable bonds is 4. The SMILES string of the molecule is CN(CC(=O)Nc1ccc(Cl)c(C(F)(F)F)c1)C(=O)c1ccc2ccccc2c1O. The molecule has 0 aliphatic rings. The van der Waals surface area contributed by atoms with E-state index >= 15 is 0 Å². The van der Waals surface area contributed by atoms with Gasteiger partial charge in [0.2, 0.25) is 5.91 Å². The Bertz CT molecular complexity index is 1130. The van der Waals surface area contributed by atoms with Crippen LogP contribution in [0.5, 0.6) is 5.75 Å². The number of benzene rings is 3. The van der Waals surface area contributed by atoms with Gasteiger partial charge in [0.05, 0.1) is 22.7 Å². The zero-order valence-electron chi connectivity index (χ0n) is 15.6. The minimum absolute atomic E-state index is 0.00912. The Kier molecular flexibility index (Phi) is 5.89. The standard InChI is InChI=1S/C21H16ClF3N2O3/c1-27(20(30)15-8-6-12-4-2-3-5-14(12)19(15)29)11-18(28)26-13-7-9-17(22)16(10-13)21(23,24)25/h2-10,29H,11H2,1H3,(H,26,28). The zero-order chi connectivity index (χ0) is 22.1. The lowest BCUT2D eigenvalue weighted by molar-refractivity contribution is -0.137. The van der Waals surface area contributed by atoms with Gasteiger partial charge in [-0.1, -0.05) is 41.9 Å². The van der Waals surface area contributed by atoms with Crippen molar-refractivity contribution in [3.8, 4) is 5.75 Å². The molecule has 0 aromatic heterocycles. The van der Waals surface area contributed by atoms with Crippen LogP contribution in [-0.4, -0.2) is 35.4 Å². The lowest BCUT2D eigenvalue weighted by Gasteiger charge is -2.18. The number of anilines is 1. The van der Waals surface area contributed by atoms with Crippen molar-refractivity contribution < 1.29 is 27.9 Å². The number of phenols is 1. The maximum atomic E-state index is 12.9. The molecule has 3 aromatic rings. The van der Waals surface area contributed by atoms with Crippen molar-refractivity contribution in [2.24, 2.45) is 0 Å². The van der Waals surface area contributed by atoms with E-state index in [-0.39, 0.29) is 17.0 Å². The van der Waals surface area contributed by atoms with E-state index < -0.39 is 35.1 Å². The summed E-state index contributed by atoms with van der Waals surface area (Å²) in [7, 11) is 1.35. The number of hydrogen-bond acceptors (Lipinski definition) is 3. The molecule has 0 unspecified atom stereocenters. The van der Waals surface area contributed by atoms with Crippen LogP contribution < -0.4 is 5.32 Å². The summed E-state index contributed by atoms with van der Waals surface area (Å²) in [6.07, 6.45) is -4.67. The van der Waals surface area contributed by atoms with Crippen molar-refractivity contribution in [1.29, 1.82) is 0 Å². The van der Waals surface area contributed by atoms with Crippen LogP contribution >= 0.6 is 11.6 Å². The van der Waals surface area contributed by atoms with E-state index in [1.165, 1.54) is 19.2 Å². The molecule has 0 fully saturated rings. The molecule has 5 nitrogen and oxygen atoms in total. The summed E-state index contributed by atoms with van der Waals surface area (Å²) in [6, 6.07) is 13.0. The number of carbonyl (C=O) groups is 2. The molecule has 0 saturated heterocycles. The first kappa shape index (κ1) is 21.4. The normalized spacial score (nSPS) is 11.4. The number of alkyl halides is 3. The molecule has 3 rings (SSSR count). The second kappa shape index (κ2) is 8.23. The van der Waals surface area contributed by atoms with Crippen LogP contribution in [0.3, 0.4) is 0 Å². The Morgan fingerprint density at radius 3 is 2.50 bits per heavy atom. The molecule has 0 bridgehead atoms. The molecule has 3 aromatic carbocycles. The van der Waals surface area contributed by atoms with Crippen molar-refractivity contribution in [1.82, 2.24) is 4.90 Å². The minimum atomic E-state index is -4.67. The summed E-state index contributed by atoms with van der Waals surface area (Å²) in [5.41, 5.74) is -1.17. The van der Waals surface area contributed by atoms with Crippen LogP contribution in [0.2, 0.25) is 5.02 Å². The summed E-state index contributed by atoms with van der Waals surface area (Å²) in [5, 5.41) is 13.5. The van der Waals surface area contributed by atoms with Gasteiger partial charge in [-0.2, -0.15) is 13.2 Å². The van der Waals surface area contributed by atoms with Gasteiger partial charge in [0.15, 0.2) is 0 Å². The van der Waals surface area contributed by atoms with E-state index in [4.69, 9.17) is 11.6 Å². The quantitative estimate of drug-likeness (QED) is 0.609. The van der Waals surface area contributed by atoms with Gasteiger partial charge in [-0.15, -0.1) is 0 Å². The van der Waals surface area contributed by atoms with E-state index in [2.05, 4.69) is 5.32 Å². The summed E-state index contributed by atoms with van der Waals surface area (Å²) in [6.45, 7) is -0.435. The molecule has 2 amide bonds. The highest BCUT2D eigenvalue weighted by molar-refractivity contribution is 6.31. The molecule has 0 saturated carbocycles. The molecule has 0 spiro atoms. The molecular weight excluding hydrogens is 421 g/mol. The Morgan fingerprint density at radius 1 is 1.10 bits per heavy atom. The number of aromatic hydroxyl groups is 1. The van der Waals surface area contributed by atoms with Crippen molar-refractivity contribution in [3.63, 3.8) is 0 Å². The van der Waals surface area contributed by atoms with Gasteiger partial charge in [-0.25, -0.2) is 0 Å². The lowest BCUT2D eigenvalue weighted by Crippen LogP contribution is -2.35. The average molecular weight is 437 g/mol. The number of likely N-dealkylation sites (N-methyl/N-ethyl adjacent to an activating group) is 1. The van der Waals surface area contributed by atoms with E-state index in [0.717, 1.165) is 22.4 Å². The highest BCUT2D eigenvalue weighted by Crippen LogP contribution is 2.36. The number of phenolic OH excluding ortho intramolecular Hbond substituents is 1. The molecule has 30 heavy (non-hydrogen) atoms. The Labute approximate surface area is 174 Å². The molecule has 0 aliphatic heterocycles. The third kappa shape index (κ3) is 4.49. The highest BCUT2D eigenvalue weighted by Gasteiger charge is 2.33. The first-order valence-electron chi connectivity index (χ1n) is 8.70. The summed E-state index contributed by atoms with van der Waals surface area (Å²) < 4.78 is 38.8. The van der Waals surface area contributed by atoms with Crippen LogP contribution in [0.4, 0.5) is 18.9 Å². The fourth-order valence-electron chi connectivity index (χ4n) is 2.94. The van der Waals surface area contributed by atoms with Crippen molar-refractivity contribution in [3.05, 3.63) is 70.7 Å². The van der Waals surface area contributed by atoms with Crippen LogP contribution in [0.25, 0.3) is 10.8 Å². The maximum Gasteiger partial charge on any atom is 0.417 e. The predicted molar refractivity (Wildman–Crippen MR) is 108 cm³/mol. The second-order valence-corrected chi connectivity index (χ2v) is 6.99.